The second-order valence-corrected chi connectivity index (χ2v) is 6.34. The van der Waals surface area contributed by atoms with Gasteiger partial charge in [-0.1, -0.05) is 24.3 Å². The number of fused-ring (bicyclic) bond motifs is 1. The van der Waals surface area contributed by atoms with Crippen molar-refractivity contribution in [1.29, 1.82) is 0 Å². The smallest absolute Gasteiger partial charge is 0.220 e. The number of hydrogen-bond donors (Lipinski definition) is 1. The molecule has 0 spiro atoms. The lowest BCUT2D eigenvalue weighted by molar-refractivity contribution is -0.121. The van der Waals surface area contributed by atoms with Crippen molar-refractivity contribution < 1.29 is 14.3 Å². The number of hydrogen-bond acceptors (Lipinski definition) is 3. The van der Waals surface area contributed by atoms with E-state index in [1.54, 1.807) is 7.11 Å². The summed E-state index contributed by atoms with van der Waals surface area (Å²) in [5.74, 6) is 1.49. The van der Waals surface area contributed by atoms with Crippen molar-refractivity contribution >= 4 is 16.8 Å². The molecule has 2 aromatic carbocycles. The molecule has 0 fully saturated rings. The van der Waals surface area contributed by atoms with E-state index < -0.39 is 0 Å². The summed E-state index contributed by atoms with van der Waals surface area (Å²) in [7, 11) is 1.62. The fourth-order valence-corrected chi connectivity index (χ4v) is 3.14. The van der Waals surface area contributed by atoms with E-state index in [1.807, 2.05) is 37.3 Å². The van der Waals surface area contributed by atoms with Crippen molar-refractivity contribution in [1.82, 2.24) is 9.88 Å². The quantitative estimate of drug-likeness (QED) is 0.627. The minimum atomic E-state index is 0.0549. The van der Waals surface area contributed by atoms with Crippen LogP contribution in [0.15, 0.2) is 54.7 Å². The summed E-state index contributed by atoms with van der Waals surface area (Å²) >= 11 is 0. The highest BCUT2D eigenvalue weighted by Gasteiger charge is 2.08. The Hall–Kier alpha value is -2.95. The largest absolute Gasteiger partial charge is 0.493 e. The highest BCUT2D eigenvalue weighted by molar-refractivity contribution is 5.80. The molecule has 0 bridgehead atoms. The molecular weight excluding hydrogens is 340 g/mol. The predicted molar refractivity (Wildman–Crippen MR) is 107 cm³/mol. The number of amides is 1. The number of nitrogens with one attached hydrogen (secondary N) is 1. The van der Waals surface area contributed by atoms with Gasteiger partial charge in [0.2, 0.25) is 5.91 Å². The average Bonchev–Trinajstić information content (AvgIpc) is 3.10. The number of carbonyl (C=O) groups excluding carboxylic acids is 1. The molecule has 0 unspecified atom stereocenters. The zero-order valence-corrected chi connectivity index (χ0v) is 15.9. The van der Waals surface area contributed by atoms with E-state index in [4.69, 9.17) is 9.47 Å². The van der Waals surface area contributed by atoms with Gasteiger partial charge in [-0.15, -0.1) is 0 Å². The fraction of sp³-hybridized carbons (Fsp3) is 0.318. The number of nitrogens with zero attached hydrogens (tertiary/aromatic N) is 1. The first kappa shape index (κ1) is 18.8. The molecule has 5 nitrogen and oxygen atoms in total. The minimum Gasteiger partial charge on any atom is -0.493 e. The third-order valence-corrected chi connectivity index (χ3v) is 4.52. The molecule has 0 aliphatic carbocycles. The van der Waals surface area contributed by atoms with Crippen LogP contribution in [0.5, 0.6) is 11.5 Å². The highest BCUT2D eigenvalue weighted by Crippen LogP contribution is 2.28. The molecular formula is C22H26N2O3. The maximum atomic E-state index is 12.2. The number of aromatic nitrogens is 1. The summed E-state index contributed by atoms with van der Waals surface area (Å²) in [6.07, 6.45) is 3.17. The third-order valence-electron chi connectivity index (χ3n) is 4.52. The monoisotopic (exact) mass is 366 g/mol. The highest BCUT2D eigenvalue weighted by atomic mass is 16.5. The van der Waals surface area contributed by atoms with Crippen molar-refractivity contribution in [3.8, 4) is 11.5 Å². The Kier molecular flexibility index (Phi) is 6.36. The number of ether oxygens (including phenoxy) is 2. The molecule has 1 aromatic heterocycles. The van der Waals surface area contributed by atoms with Gasteiger partial charge in [0.25, 0.3) is 0 Å². The van der Waals surface area contributed by atoms with Crippen LogP contribution in [0.4, 0.5) is 0 Å². The second-order valence-electron chi connectivity index (χ2n) is 6.34. The van der Waals surface area contributed by atoms with E-state index in [-0.39, 0.29) is 5.91 Å². The molecule has 3 aromatic rings. The van der Waals surface area contributed by atoms with Crippen LogP contribution in [0.25, 0.3) is 10.9 Å². The van der Waals surface area contributed by atoms with Crippen molar-refractivity contribution in [2.24, 2.45) is 0 Å². The molecule has 0 atom stereocenters. The summed E-state index contributed by atoms with van der Waals surface area (Å²) in [4.78, 5) is 12.2. The first-order valence-electron chi connectivity index (χ1n) is 9.31. The second kappa shape index (κ2) is 9.12. The first-order chi connectivity index (χ1) is 13.2. The Bertz CT molecular complexity index is 901. The molecule has 0 aliphatic heterocycles. The Morgan fingerprint density at radius 1 is 1.11 bits per heavy atom. The van der Waals surface area contributed by atoms with Gasteiger partial charge in [-0.05, 0) is 48.6 Å². The predicted octanol–water partition coefficient (Wildman–Crippen LogP) is 3.80. The molecule has 0 radical (unpaired) electrons. The van der Waals surface area contributed by atoms with Crippen LogP contribution < -0.4 is 14.8 Å². The van der Waals surface area contributed by atoms with E-state index >= 15 is 0 Å². The fourth-order valence-electron chi connectivity index (χ4n) is 3.14. The SMILES string of the molecule is CCOc1ccc(CCC(=O)NCCn2ccc3ccccc32)cc1OC. The van der Waals surface area contributed by atoms with Crippen molar-refractivity contribution in [2.45, 2.75) is 26.3 Å². The summed E-state index contributed by atoms with van der Waals surface area (Å²) in [5, 5.41) is 4.22. The van der Waals surface area contributed by atoms with Crippen molar-refractivity contribution in [3.63, 3.8) is 0 Å². The number of para-hydroxylation sites is 1. The normalized spacial score (nSPS) is 10.7. The van der Waals surface area contributed by atoms with Crippen LogP contribution in [0.1, 0.15) is 18.9 Å². The first-order valence-corrected chi connectivity index (χ1v) is 9.31. The number of aryl methyl sites for hydroxylation is 1. The molecule has 0 saturated heterocycles. The summed E-state index contributed by atoms with van der Waals surface area (Å²) in [5.41, 5.74) is 2.25. The van der Waals surface area contributed by atoms with E-state index in [9.17, 15) is 4.79 Å². The lowest BCUT2D eigenvalue weighted by Gasteiger charge is -2.11. The molecule has 0 saturated carbocycles. The molecule has 1 N–H and O–H groups in total. The summed E-state index contributed by atoms with van der Waals surface area (Å²) in [6, 6.07) is 16.2. The van der Waals surface area contributed by atoms with Crippen LogP contribution >= 0.6 is 0 Å². The van der Waals surface area contributed by atoms with Crippen molar-refractivity contribution in [2.75, 3.05) is 20.3 Å². The van der Waals surface area contributed by atoms with Gasteiger partial charge >= 0.3 is 0 Å². The van der Waals surface area contributed by atoms with Gasteiger partial charge in [0.15, 0.2) is 11.5 Å². The number of benzene rings is 2. The van der Waals surface area contributed by atoms with Crippen LogP contribution in [-0.2, 0) is 17.8 Å². The van der Waals surface area contributed by atoms with Gasteiger partial charge in [0, 0.05) is 31.2 Å². The number of rotatable bonds is 9. The number of carbonyl (C=O) groups is 1. The molecule has 1 heterocycles. The van der Waals surface area contributed by atoms with E-state index in [2.05, 4.69) is 34.3 Å². The van der Waals surface area contributed by atoms with Gasteiger partial charge in [0.1, 0.15) is 0 Å². The van der Waals surface area contributed by atoms with Gasteiger partial charge < -0.3 is 19.4 Å². The summed E-state index contributed by atoms with van der Waals surface area (Å²) in [6.45, 7) is 3.91. The molecule has 5 heteroatoms. The molecule has 142 valence electrons. The molecule has 3 rings (SSSR count). The topological polar surface area (TPSA) is 52.5 Å². The molecule has 0 aliphatic rings. The third kappa shape index (κ3) is 4.82. The van der Waals surface area contributed by atoms with Crippen molar-refractivity contribution in [3.05, 3.63) is 60.3 Å². The Morgan fingerprint density at radius 2 is 1.96 bits per heavy atom. The zero-order valence-electron chi connectivity index (χ0n) is 15.9. The van der Waals surface area contributed by atoms with Crippen LogP contribution in [-0.4, -0.2) is 30.7 Å². The van der Waals surface area contributed by atoms with Gasteiger partial charge in [-0.2, -0.15) is 0 Å². The average molecular weight is 366 g/mol. The maximum absolute atomic E-state index is 12.2. The van der Waals surface area contributed by atoms with Gasteiger partial charge in [-0.25, -0.2) is 0 Å². The van der Waals surface area contributed by atoms with Gasteiger partial charge in [-0.3, -0.25) is 4.79 Å². The van der Waals surface area contributed by atoms with E-state index in [0.717, 1.165) is 17.9 Å². The molecule has 27 heavy (non-hydrogen) atoms. The lowest BCUT2D eigenvalue weighted by atomic mass is 10.1. The van der Waals surface area contributed by atoms with Crippen LogP contribution in [0, 0.1) is 0 Å². The Labute approximate surface area is 159 Å². The van der Waals surface area contributed by atoms with Gasteiger partial charge in [0.05, 0.1) is 13.7 Å². The van der Waals surface area contributed by atoms with Crippen LogP contribution in [0.2, 0.25) is 0 Å². The standard InChI is InChI=1S/C22H26N2O3/c1-3-27-20-10-8-17(16-21(20)26-2)9-11-22(25)23-13-15-24-14-12-18-6-4-5-7-19(18)24/h4-8,10,12,14,16H,3,9,11,13,15H2,1-2H3,(H,23,25). The lowest BCUT2D eigenvalue weighted by Crippen LogP contribution is -2.27. The zero-order chi connectivity index (χ0) is 19.1. The maximum Gasteiger partial charge on any atom is 0.220 e. The Morgan fingerprint density at radius 3 is 2.78 bits per heavy atom. The van der Waals surface area contributed by atoms with E-state index in [0.29, 0.717) is 31.7 Å². The van der Waals surface area contributed by atoms with Crippen LogP contribution in [0.3, 0.4) is 0 Å². The van der Waals surface area contributed by atoms with E-state index in [1.165, 1.54) is 10.9 Å². The summed E-state index contributed by atoms with van der Waals surface area (Å²) < 4.78 is 13.0. The number of methoxy groups -OCH3 is 1. The Balaban J connectivity index is 1.47. The molecule has 1 amide bonds. The minimum absolute atomic E-state index is 0.0549.